The Morgan fingerprint density at radius 3 is 2.65 bits per heavy atom. The fourth-order valence-corrected chi connectivity index (χ4v) is 4.65. The first kappa shape index (κ1) is 22.9. The Morgan fingerprint density at radius 1 is 1.32 bits per heavy atom. The monoisotopic (exact) mass is 443 g/mol. The smallest absolute Gasteiger partial charge is 0.309 e. The molecule has 0 aliphatic heterocycles. The first-order valence-electron chi connectivity index (χ1n) is 10.2. The van der Waals surface area contributed by atoms with E-state index in [9.17, 15) is 14.7 Å². The van der Waals surface area contributed by atoms with Crippen LogP contribution in [0.25, 0.3) is 10.2 Å². The maximum atomic E-state index is 12.3. The Balaban J connectivity index is 1.89. The molecule has 0 saturated heterocycles. The van der Waals surface area contributed by atoms with Crippen LogP contribution in [0.15, 0.2) is 36.9 Å². The van der Waals surface area contributed by atoms with Gasteiger partial charge in [0.25, 0.3) is 0 Å². The van der Waals surface area contributed by atoms with Crippen LogP contribution >= 0.6 is 11.3 Å². The summed E-state index contributed by atoms with van der Waals surface area (Å²) >= 11 is 1.39. The fourth-order valence-electron chi connectivity index (χ4n) is 3.72. The van der Waals surface area contributed by atoms with E-state index in [-0.39, 0.29) is 24.4 Å². The Hall–Kier alpha value is -2.78. The van der Waals surface area contributed by atoms with E-state index >= 15 is 0 Å². The van der Waals surface area contributed by atoms with Gasteiger partial charge in [0.05, 0.1) is 28.0 Å². The lowest BCUT2D eigenvalue weighted by Crippen LogP contribution is -2.36. The van der Waals surface area contributed by atoms with Crippen LogP contribution in [-0.4, -0.2) is 56.6 Å². The van der Waals surface area contributed by atoms with Gasteiger partial charge in [-0.05, 0) is 52.1 Å². The van der Waals surface area contributed by atoms with Gasteiger partial charge in [-0.25, -0.2) is 9.97 Å². The number of carbonyl (C=O) groups is 2. The lowest BCUT2D eigenvalue weighted by Gasteiger charge is -2.33. The summed E-state index contributed by atoms with van der Waals surface area (Å²) in [5.74, 6) is -1.37. The van der Waals surface area contributed by atoms with Crippen LogP contribution in [-0.2, 0) is 9.59 Å². The third-order valence-corrected chi connectivity index (χ3v) is 6.41. The van der Waals surface area contributed by atoms with E-state index in [4.69, 9.17) is 0 Å². The largest absolute Gasteiger partial charge is 0.481 e. The molecule has 2 atom stereocenters. The zero-order valence-electron chi connectivity index (χ0n) is 18.5. The molecule has 31 heavy (non-hydrogen) atoms. The quantitative estimate of drug-likeness (QED) is 0.521. The number of amides is 1. The van der Waals surface area contributed by atoms with E-state index in [0.29, 0.717) is 5.13 Å². The average molecular weight is 444 g/mol. The third kappa shape index (κ3) is 5.11. The maximum Gasteiger partial charge on any atom is 0.309 e. The number of hydrogen-bond acceptors (Lipinski definition) is 6. The second-order valence-corrected chi connectivity index (χ2v) is 9.58. The second kappa shape index (κ2) is 9.15. The van der Waals surface area contributed by atoms with Gasteiger partial charge in [0, 0.05) is 24.9 Å². The van der Waals surface area contributed by atoms with Gasteiger partial charge >= 0.3 is 5.97 Å². The van der Waals surface area contributed by atoms with Crippen LogP contribution < -0.4 is 5.32 Å². The van der Waals surface area contributed by atoms with E-state index in [0.717, 1.165) is 22.2 Å². The van der Waals surface area contributed by atoms with Crippen molar-refractivity contribution >= 4 is 38.6 Å². The number of carboxylic acids is 1. The third-order valence-electron chi connectivity index (χ3n) is 5.47. The predicted octanol–water partition coefficient (Wildman–Crippen LogP) is 3.86. The first-order chi connectivity index (χ1) is 14.6. The summed E-state index contributed by atoms with van der Waals surface area (Å²) in [6, 6.07) is 6.50. The molecule has 1 aromatic carbocycles. The molecule has 166 valence electrons. The summed E-state index contributed by atoms with van der Waals surface area (Å²) in [5, 5.41) is 12.5. The Bertz CT molecular complexity index is 1060. The Kier molecular flexibility index (Phi) is 6.76. The number of nitrogens with one attached hydrogen (secondary N) is 1. The number of nitrogens with zero attached hydrogens (tertiary/aromatic N) is 4. The molecule has 8 nitrogen and oxygen atoms in total. The van der Waals surface area contributed by atoms with Crippen molar-refractivity contribution in [3.63, 3.8) is 0 Å². The molecule has 0 fully saturated rings. The highest BCUT2D eigenvalue weighted by molar-refractivity contribution is 7.22. The molecular weight excluding hydrogens is 414 g/mol. The van der Waals surface area contributed by atoms with Crippen LogP contribution in [0.5, 0.6) is 0 Å². The summed E-state index contributed by atoms with van der Waals surface area (Å²) in [5.41, 5.74) is 0.802. The molecule has 0 saturated carbocycles. The number of aliphatic carboxylic acids is 1. The summed E-state index contributed by atoms with van der Waals surface area (Å²) in [4.78, 5) is 34.5. The SMILES string of the molecule is CCC(C(c1ccc2nc(NC(=O)CC(C)(C)C(=O)O)sc2c1)n1ccnc1)N(C)C. The first-order valence-corrected chi connectivity index (χ1v) is 11.0. The molecule has 3 rings (SSSR count). The molecule has 2 unspecified atom stereocenters. The molecule has 2 heterocycles. The molecule has 0 bridgehead atoms. The average Bonchev–Trinajstić information content (AvgIpc) is 3.33. The highest BCUT2D eigenvalue weighted by atomic mass is 32.1. The molecule has 0 spiro atoms. The lowest BCUT2D eigenvalue weighted by molar-refractivity contribution is -0.148. The molecule has 1 amide bonds. The van der Waals surface area contributed by atoms with Gasteiger partial charge in [-0.15, -0.1) is 0 Å². The van der Waals surface area contributed by atoms with Crippen molar-refractivity contribution in [3.8, 4) is 0 Å². The molecule has 0 aliphatic rings. The number of anilines is 1. The van der Waals surface area contributed by atoms with Crippen molar-refractivity contribution in [2.45, 2.75) is 45.7 Å². The molecule has 3 aromatic rings. The van der Waals surface area contributed by atoms with Crippen LogP contribution in [0.4, 0.5) is 5.13 Å². The van der Waals surface area contributed by atoms with Gasteiger partial charge in [0.15, 0.2) is 5.13 Å². The van der Waals surface area contributed by atoms with E-state index in [1.165, 1.54) is 25.2 Å². The van der Waals surface area contributed by atoms with Crippen molar-refractivity contribution in [1.29, 1.82) is 0 Å². The Labute approximate surface area is 185 Å². The minimum absolute atomic E-state index is 0.0865. The number of imidazole rings is 1. The van der Waals surface area contributed by atoms with Crippen LogP contribution in [0.1, 0.15) is 45.2 Å². The van der Waals surface area contributed by atoms with Gasteiger partial charge in [0.1, 0.15) is 0 Å². The number of carboxylic acid groups (broad SMARTS) is 1. The summed E-state index contributed by atoms with van der Waals surface area (Å²) in [7, 11) is 4.16. The van der Waals surface area contributed by atoms with Gasteiger partial charge < -0.3 is 19.9 Å². The number of thiazole rings is 1. The maximum absolute atomic E-state index is 12.3. The van der Waals surface area contributed by atoms with E-state index in [1.54, 1.807) is 6.20 Å². The fraction of sp³-hybridized carbons (Fsp3) is 0.455. The number of benzene rings is 1. The number of hydrogen-bond donors (Lipinski definition) is 2. The number of fused-ring (bicyclic) bond motifs is 1. The molecule has 0 aliphatic carbocycles. The molecular formula is C22H29N5O3S. The van der Waals surface area contributed by atoms with E-state index in [1.807, 2.05) is 18.6 Å². The number of aromatic nitrogens is 3. The highest BCUT2D eigenvalue weighted by Crippen LogP contribution is 2.33. The van der Waals surface area contributed by atoms with Gasteiger partial charge in [0.2, 0.25) is 5.91 Å². The standard InChI is InChI=1S/C22H29N5O3S/c1-6-16(26(4)5)19(27-10-9-23-13-27)14-7-8-15-17(11-14)31-21(24-15)25-18(28)12-22(2,3)20(29)30/h7-11,13,16,19H,6,12H2,1-5H3,(H,29,30)(H,24,25,28). The number of carbonyl (C=O) groups excluding carboxylic acids is 1. The van der Waals surface area contributed by atoms with E-state index < -0.39 is 11.4 Å². The summed E-state index contributed by atoms with van der Waals surface area (Å²) in [6.07, 6.45) is 6.45. The molecule has 2 N–H and O–H groups in total. The zero-order valence-corrected chi connectivity index (χ0v) is 19.3. The van der Waals surface area contributed by atoms with Crippen LogP contribution in [0.2, 0.25) is 0 Å². The minimum atomic E-state index is -1.13. The normalized spacial score (nSPS) is 14.0. The van der Waals surface area contributed by atoms with Gasteiger partial charge in [-0.3, -0.25) is 9.59 Å². The predicted molar refractivity (Wildman–Crippen MR) is 122 cm³/mol. The van der Waals surface area contributed by atoms with Crippen LogP contribution in [0.3, 0.4) is 0 Å². The number of rotatable bonds is 9. The van der Waals surface area contributed by atoms with Gasteiger partial charge in [-0.2, -0.15) is 0 Å². The number of likely N-dealkylation sites (N-methyl/N-ethyl adjacent to an activating group) is 1. The second-order valence-electron chi connectivity index (χ2n) is 8.55. The topological polar surface area (TPSA) is 100 Å². The zero-order chi connectivity index (χ0) is 22.8. The molecule has 9 heteroatoms. The highest BCUT2D eigenvalue weighted by Gasteiger charge is 2.30. The summed E-state index contributed by atoms with van der Waals surface area (Å²) in [6.45, 7) is 5.24. The lowest BCUT2D eigenvalue weighted by atomic mass is 9.89. The van der Waals surface area contributed by atoms with Crippen molar-refractivity contribution in [2.75, 3.05) is 19.4 Å². The Morgan fingerprint density at radius 2 is 2.06 bits per heavy atom. The molecule has 2 aromatic heterocycles. The van der Waals surface area contributed by atoms with E-state index in [2.05, 4.69) is 57.9 Å². The van der Waals surface area contributed by atoms with Crippen molar-refractivity contribution < 1.29 is 14.7 Å². The molecule has 0 radical (unpaired) electrons. The van der Waals surface area contributed by atoms with Crippen molar-refractivity contribution in [1.82, 2.24) is 19.4 Å². The summed E-state index contributed by atoms with van der Waals surface area (Å²) < 4.78 is 3.08. The van der Waals surface area contributed by atoms with Crippen LogP contribution in [0, 0.1) is 5.41 Å². The van der Waals surface area contributed by atoms with Crippen molar-refractivity contribution in [2.24, 2.45) is 5.41 Å². The minimum Gasteiger partial charge on any atom is -0.481 e. The van der Waals surface area contributed by atoms with Crippen molar-refractivity contribution in [3.05, 3.63) is 42.5 Å². The van der Waals surface area contributed by atoms with Gasteiger partial charge in [-0.1, -0.05) is 24.3 Å².